The number of carbonyl (C=O) groups is 1. The van der Waals surface area contributed by atoms with Gasteiger partial charge in [0, 0.05) is 15.5 Å². The zero-order valence-corrected chi connectivity index (χ0v) is 15.2. The zero-order valence-electron chi connectivity index (χ0n) is 12.1. The standard InChI is InChI=1S/C16H13Cl3N2OS/c1-10(23-12-7-5-11(17)6-8-12)16(22)21-20-9-13-14(18)3-2-4-15(13)19/h2-10H,1H3,(H,21,22)/b20-9+. The first-order valence-electron chi connectivity index (χ1n) is 6.66. The second-order valence-electron chi connectivity index (χ2n) is 4.58. The van der Waals surface area contributed by atoms with E-state index < -0.39 is 0 Å². The van der Waals surface area contributed by atoms with Crippen LogP contribution in [0.5, 0.6) is 0 Å². The molecule has 1 amide bonds. The lowest BCUT2D eigenvalue weighted by molar-refractivity contribution is -0.120. The van der Waals surface area contributed by atoms with Crippen LogP contribution in [0.3, 0.4) is 0 Å². The molecule has 0 spiro atoms. The summed E-state index contributed by atoms with van der Waals surface area (Å²) in [6.07, 6.45) is 1.43. The van der Waals surface area contributed by atoms with Crippen LogP contribution in [0.1, 0.15) is 12.5 Å². The van der Waals surface area contributed by atoms with E-state index in [0.717, 1.165) is 4.90 Å². The van der Waals surface area contributed by atoms with Gasteiger partial charge in [-0.25, -0.2) is 5.43 Å². The molecule has 3 nitrogen and oxygen atoms in total. The molecule has 23 heavy (non-hydrogen) atoms. The molecule has 0 fully saturated rings. The minimum absolute atomic E-state index is 0.218. The molecule has 0 radical (unpaired) electrons. The normalized spacial score (nSPS) is 12.3. The SMILES string of the molecule is CC(Sc1ccc(Cl)cc1)C(=O)N/N=C/c1c(Cl)cccc1Cl. The number of carbonyl (C=O) groups excluding carboxylic acids is 1. The first-order chi connectivity index (χ1) is 11.0. The van der Waals surface area contributed by atoms with Crippen molar-refractivity contribution in [3.05, 3.63) is 63.1 Å². The highest BCUT2D eigenvalue weighted by molar-refractivity contribution is 8.00. The van der Waals surface area contributed by atoms with E-state index in [-0.39, 0.29) is 11.2 Å². The third-order valence-corrected chi connectivity index (χ3v) is 4.89. The Bertz CT molecular complexity index is 700. The molecule has 7 heteroatoms. The van der Waals surface area contributed by atoms with E-state index in [1.165, 1.54) is 18.0 Å². The van der Waals surface area contributed by atoms with E-state index >= 15 is 0 Å². The van der Waals surface area contributed by atoms with E-state index in [1.54, 1.807) is 37.3 Å². The van der Waals surface area contributed by atoms with Crippen molar-refractivity contribution in [1.29, 1.82) is 0 Å². The summed E-state index contributed by atoms with van der Waals surface area (Å²) in [5, 5.41) is 5.20. The molecular formula is C16H13Cl3N2OS. The zero-order chi connectivity index (χ0) is 16.8. The average molecular weight is 388 g/mol. The van der Waals surface area contributed by atoms with Crippen molar-refractivity contribution in [2.24, 2.45) is 5.10 Å². The highest BCUT2D eigenvalue weighted by Crippen LogP contribution is 2.25. The Labute approximate surface area is 154 Å². The molecule has 0 aromatic heterocycles. The number of hydrazone groups is 1. The number of thioether (sulfide) groups is 1. The van der Waals surface area contributed by atoms with Gasteiger partial charge in [0.1, 0.15) is 0 Å². The molecule has 120 valence electrons. The van der Waals surface area contributed by atoms with Crippen LogP contribution in [0.4, 0.5) is 0 Å². The van der Waals surface area contributed by atoms with Gasteiger partial charge in [0.2, 0.25) is 0 Å². The number of amides is 1. The van der Waals surface area contributed by atoms with Crippen LogP contribution in [0, 0.1) is 0 Å². The fourth-order valence-electron chi connectivity index (χ4n) is 1.66. The summed E-state index contributed by atoms with van der Waals surface area (Å²) < 4.78 is 0. The van der Waals surface area contributed by atoms with E-state index in [4.69, 9.17) is 34.8 Å². The van der Waals surface area contributed by atoms with Crippen molar-refractivity contribution in [2.45, 2.75) is 17.1 Å². The van der Waals surface area contributed by atoms with E-state index in [1.807, 2.05) is 12.1 Å². The summed E-state index contributed by atoms with van der Waals surface area (Å²) in [7, 11) is 0. The number of benzene rings is 2. The van der Waals surface area contributed by atoms with Gasteiger partial charge in [-0.15, -0.1) is 11.8 Å². The van der Waals surface area contributed by atoms with Crippen LogP contribution in [0.15, 0.2) is 52.5 Å². The Morgan fingerprint density at radius 2 is 1.74 bits per heavy atom. The summed E-state index contributed by atoms with van der Waals surface area (Å²) >= 11 is 19.3. The van der Waals surface area contributed by atoms with Gasteiger partial charge >= 0.3 is 0 Å². The van der Waals surface area contributed by atoms with Crippen LogP contribution in [-0.2, 0) is 4.79 Å². The monoisotopic (exact) mass is 386 g/mol. The molecule has 0 saturated heterocycles. The number of rotatable bonds is 5. The Morgan fingerprint density at radius 3 is 2.35 bits per heavy atom. The van der Waals surface area contributed by atoms with Gasteiger partial charge < -0.3 is 0 Å². The van der Waals surface area contributed by atoms with Crippen molar-refractivity contribution < 1.29 is 4.79 Å². The largest absolute Gasteiger partial charge is 0.272 e. The van der Waals surface area contributed by atoms with Crippen LogP contribution < -0.4 is 5.43 Å². The topological polar surface area (TPSA) is 41.5 Å². The highest BCUT2D eigenvalue weighted by Gasteiger charge is 2.13. The van der Waals surface area contributed by atoms with Gasteiger partial charge in [-0.2, -0.15) is 5.10 Å². The van der Waals surface area contributed by atoms with Crippen LogP contribution in [-0.4, -0.2) is 17.4 Å². The lowest BCUT2D eigenvalue weighted by atomic mass is 10.2. The molecule has 0 aliphatic heterocycles. The van der Waals surface area contributed by atoms with Gasteiger partial charge in [0.25, 0.3) is 5.91 Å². The highest BCUT2D eigenvalue weighted by atomic mass is 35.5. The third-order valence-electron chi connectivity index (χ3n) is 2.86. The number of hydrogen-bond donors (Lipinski definition) is 1. The first-order valence-corrected chi connectivity index (χ1v) is 8.68. The van der Waals surface area contributed by atoms with Crippen molar-refractivity contribution >= 4 is 58.7 Å². The van der Waals surface area contributed by atoms with Gasteiger partial charge in [0.15, 0.2) is 0 Å². The van der Waals surface area contributed by atoms with Crippen molar-refractivity contribution in [3.8, 4) is 0 Å². The fraction of sp³-hybridized carbons (Fsp3) is 0.125. The van der Waals surface area contributed by atoms with Crippen molar-refractivity contribution in [3.63, 3.8) is 0 Å². The van der Waals surface area contributed by atoms with Crippen molar-refractivity contribution in [1.82, 2.24) is 5.43 Å². The second-order valence-corrected chi connectivity index (χ2v) is 7.25. The molecule has 1 atom stereocenters. The Kier molecular flexibility index (Phi) is 6.78. The molecular weight excluding hydrogens is 375 g/mol. The van der Waals surface area contributed by atoms with Crippen LogP contribution in [0.25, 0.3) is 0 Å². The van der Waals surface area contributed by atoms with E-state index in [9.17, 15) is 4.79 Å². The second kappa shape index (κ2) is 8.60. The van der Waals surface area contributed by atoms with E-state index in [2.05, 4.69) is 10.5 Å². The summed E-state index contributed by atoms with van der Waals surface area (Å²) in [6, 6.07) is 12.4. The molecule has 0 aliphatic rings. The lowest BCUT2D eigenvalue weighted by Crippen LogP contribution is -2.26. The predicted octanol–water partition coefficient (Wildman–Crippen LogP) is 5.28. The smallest absolute Gasteiger partial charge is 0.253 e. The maximum Gasteiger partial charge on any atom is 0.253 e. The minimum Gasteiger partial charge on any atom is -0.272 e. The maximum absolute atomic E-state index is 12.0. The molecule has 0 saturated carbocycles. The summed E-state index contributed by atoms with van der Waals surface area (Å²) in [6.45, 7) is 1.80. The van der Waals surface area contributed by atoms with Gasteiger partial charge in [-0.05, 0) is 43.3 Å². The Hall–Kier alpha value is -1.20. The molecule has 2 rings (SSSR count). The summed E-state index contributed by atoms with van der Waals surface area (Å²) in [5.41, 5.74) is 3.05. The van der Waals surface area contributed by atoms with Crippen LogP contribution in [0.2, 0.25) is 15.1 Å². The quantitative estimate of drug-likeness (QED) is 0.431. The maximum atomic E-state index is 12.0. The lowest BCUT2D eigenvalue weighted by Gasteiger charge is -2.09. The molecule has 1 N–H and O–H groups in total. The molecule has 0 heterocycles. The molecule has 0 aliphatic carbocycles. The number of nitrogens with zero attached hydrogens (tertiary/aromatic N) is 1. The van der Waals surface area contributed by atoms with Gasteiger partial charge in [-0.1, -0.05) is 40.9 Å². The van der Waals surface area contributed by atoms with Crippen molar-refractivity contribution in [2.75, 3.05) is 0 Å². The Balaban J connectivity index is 1.93. The fourth-order valence-corrected chi connectivity index (χ4v) is 3.14. The number of nitrogens with one attached hydrogen (secondary N) is 1. The molecule has 2 aromatic carbocycles. The minimum atomic E-state index is -0.310. The van der Waals surface area contributed by atoms with E-state index in [0.29, 0.717) is 20.6 Å². The van der Waals surface area contributed by atoms with Gasteiger partial charge in [-0.3, -0.25) is 4.79 Å². The predicted molar refractivity (Wildman–Crippen MR) is 99.0 cm³/mol. The number of halogens is 3. The third kappa shape index (κ3) is 5.43. The molecule has 0 bridgehead atoms. The number of hydrogen-bond acceptors (Lipinski definition) is 3. The summed E-state index contributed by atoms with van der Waals surface area (Å²) in [4.78, 5) is 13.0. The average Bonchev–Trinajstić information content (AvgIpc) is 2.52. The Morgan fingerprint density at radius 1 is 1.13 bits per heavy atom. The van der Waals surface area contributed by atoms with Crippen LogP contribution >= 0.6 is 46.6 Å². The van der Waals surface area contributed by atoms with Gasteiger partial charge in [0.05, 0.1) is 21.5 Å². The summed E-state index contributed by atoms with van der Waals surface area (Å²) in [5.74, 6) is -0.218. The first kappa shape index (κ1) is 18.1. The molecule has 1 unspecified atom stereocenters. The molecule has 2 aromatic rings.